The standard InChI is InChI=1S/C19H37N5O2/c1-16(2)26-15-7-8-21-19(20-4)24-13-11-22(12-14-24)17(3)18(25)23-9-5-6-10-23/h16-17H,5-15H2,1-4H3,(H,20,21). The highest BCUT2D eigenvalue weighted by molar-refractivity contribution is 5.82. The zero-order valence-electron chi connectivity index (χ0n) is 17.0. The number of hydrogen-bond donors (Lipinski definition) is 1. The Kier molecular flexibility index (Phi) is 8.65. The van der Waals surface area contributed by atoms with Crippen LogP contribution >= 0.6 is 0 Å². The summed E-state index contributed by atoms with van der Waals surface area (Å²) in [5.41, 5.74) is 0. The number of piperazine rings is 1. The molecule has 0 aromatic heterocycles. The zero-order valence-corrected chi connectivity index (χ0v) is 17.0. The van der Waals surface area contributed by atoms with E-state index >= 15 is 0 Å². The molecule has 0 radical (unpaired) electrons. The van der Waals surface area contributed by atoms with Gasteiger partial charge in [-0.15, -0.1) is 0 Å². The second-order valence-electron chi connectivity index (χ2n) is 7.48. The minimum Gasteiger partial charge on any atom is -0.379 e. The highest BCUT2D eigenvalue weighted by atomic mass is 16.5. The Bertz CT molecular complexity index is 455. The number of rotatable bonds is 7. The molecule has 0 saturated carbocycles. The Morgan fingerprint density at radius 3 is 2.27 bits per heavy atom. The van der Waals surface area contributed by atoms with Crippen molar-refractivity contribution >= 4 is 11.9 Å². The number of ether oxygens (including phenoxy) is 1. The molecule has 1 N–H and O–H groups in total. The van der Waals surface area contributed by atoms with Gasteiger partial charge in [0.15, 0.2) is 5.96 Å². The molecular weight excluding hydrogens is 330 g/mol. The minimum atomic E-state index is -0.0154. The lowest BCUT2D eigenvalue weighted by Crippen LogP contribution is -2.57. The fraction of sp³-hybridized carbons (Fsp3) is 0.895. The lowest BCUT2D eigenvalue weighted by atomic mass is 10.2. The monoisotopic (exact) mass is 367 g/mol. The van der Waals surface area contributed by atoms with Crippen LogP contribution in [0.2, 0.25) is 0 Å². The molecule has 7 nitrogen and oxygen atoms in total. The van der Waals surface area contributed by atoms with E-state index in [1.165, 1.54) is 0 Å². The van der Waals surface area contributed by atoms with E-state index in [0.717, 1.165) is 77.6 Å². The van der Waals surface area contributed by atoms with Crippen molar-refractivity contribution in [3.63, 3.8) is 0 Å². The van der Waals surface area contributed by atoms with Crippen LogP contribution in [-0.4, -0.2) is 98.2 Å². The maximum atomic E-state index is 12.6. The van der Waals surface area contributed by atoms with Gasteiger partial charge in [-0.1, -0.05) is 0 Å². The van der Waals surface area contributed by atoms with Gasteiger partial charge in [0.1, 0.15) is 0 Å². The topological polar surface area (TPSA) is 60.4 Å². The maximum Gasteiger partial charge on any atom is 0.239 e. The zero-order chi connectivity index (χ0) is 18.9. The van der Waals surface area contributed by atoms with E-state index in [4.69, 9.17) is 4.74 Å². The number of hydrogen-bond acceptors (Lipinski definition) is 4. The first kappa shape index (κ1) is 21.0. The summed E-state index contributed by atoms with van der Waals surface area (Å²) in [4.78, 5) is 23.6. The number of carbonyl (C=O) groups is 1. The van der Waals surface area contributed by atoms with E-state index < -0.39 is 0 Å². The van der Waals surface area contributed by atoms with Crippen LogP contribution < -0.4 is 5.32 Å². The molecule has 1 amide bonds. The van der Waals surface area contributed by atoms with Crippen molar-refractivity contribution in [2.45, 2.75) is 52.2 Å². The highest BCUT2D eigenvalue weighted by Crippen LogP contribution is 2.14. The first-order valence-corrected chi connectivity index (χ1v) is 10.1. The Morgan fingerprint density at radius 2 is 1.69 bits per heavy atom. The third-order valence-corrected chi connectivity index (χ3v) is 5.20. The van der Waals surface area contributed by atoms with Gasteiger partial charge in [0.2, 0.25) is 5.91 Å². The van der Waals surface area contributed by atoms with Crippen LogP contribution in [0, 0.1) is 0 Å². The molecule has 0 aliphatic carbocycles. The SMILES string of the molecule is CN=C(NCCCOC(C)C)N1CCN(C(C)C(=O)N2CCCC2)CC1. The van der Waals surface area contributed by atoms with Crippen LogP contribution in [0.1, 0.15) is 40.0 Å². The Balaban J connectivity index is 1.71. The van der Waals surface area contributed by atoms with Crippen molar-refractivity contribution in [2.75, 3.05) is 59.5 Å². The van der Waals surface area contributed by atoms with Crippen molar-refractivity contribution in [1.82, 2.24) is 20.0 Å². The summed E-state index contributed by atoms with van der Waals surface area (Å²) in [5, 5.41) is 3.43. The van der Waals surface area contributed by atoms with Crippen LogP contribution in [-0.2, 0) is 9.53 Å². The summed E-state index contributed by atoms with van der Waals surface area (Å²) in [6.45, 7) is 13.3. The van der Waals surface area contributed by atoms with Gasteiger partial charge in [-0.05, 0) is 40.0 Å². The fourth-order valence-corrected chi connectivity index (χ4v) is 3.60. The molecule has 2 heterocycles. The van der Waals surface area contributed by atoms with Crippen LogP contribution in [0.5, 0.6) is 0 Å². The lowest BCUT2D eigenvalue weighted by molar-refractivity contribution is -0.135. The predicted octanol–water partition coefficient (Wildman–Crippen LogP) is 1.01. The quantitative estimate of drug-likeness (QED) is 0.413. The third-order valence-electron chi connectivity index (χ3n) is 5.20. The minimum absolute atomic E-state index is 0.0154. The van der Waals surface area contributed by atoms with Gasteiger partial charge in [-0.25, -0.2) is 0 Å². The van der Waals surface area contributed by atoms with E-state index in [1.54, 1.807) is 0 Å². The first-order valence-electron chi connectivity index (χ1n) is 10.1. The summed E-state index contributed by atoms with van der Waals surface area (Å²) >= 11 is 0. The largest absolute Gasteiger partial charge is 0.379 e. The van der Waals surface area contributed by atoms with Crippen molar-refractivity contribution in [3.8, 4) is 0 Å². The average molecular weight is 368 g/mol. The van der Waals surface area contributed by atoms with Crippen LogP contribution in [0.3, 0.4) is 0 Å². The number of nitrogens with zero attached hydrogens (tertiary/aromatic N) is 4. The molecular formula is C19H37N5O2. The molecule has 2 aliphatic rings. The van der Waals surface area contributed by atoms with Crippen molar-refractivity contribution < 1.29 is 9.53 Å². The predicted molar refractivity (Wildman–Crippen MR) is 105 cm³/mol. The summed E-state index contributed by atoms with van der Waals surface area (Å²) in [6.07, 6.45) is 3.55. The van der Waals surface area contributed by atoms with Gasteiger partial charge in [0.05, 0.1) is 12.1 Å². The van der Waals surface area contributed by atoms with Gasteiger partial charge >= 0.3 is 0 Å². The second-order valence-corrected chi connectivity index (χ2v) is 7.48. The second kappa shape index (κ2) is 10.7. The summed E-state index contributed by atoms with van der Waals surface area (Å²) in [7, 11) is 1.83. The number of guanidine groups is 1. The smallest absolute Gasteiger partial charge is 0.239 e. The molecule has 0 aromatic carbocycles. The number of aliphatic imine (C=N–C) groups is 1. The molecule has 26 heavy (non-hydrogen) atoms. The molecule has 2 fully saturated rings. The molecule has 0 aromatic rings. The van der Waals surface area contributed by atoms with E-state index in [-0.39, 0.29) is 12.1 Å². The molecule has 0 bridgehead atoms. The molecule has 1 unspecified atom stereocenters. The number of amides is 1. The highest BCUT2D eigenvalue weighted by Gasteiger charge is 2.30. The third kappa shape index (κ3) is 6.13. The average Bonchev–Trinajstić information content (AvgIpc) is 3.18. The Labute approximate surface area is 158 Å². The number of likely N-dealkylation sites (tertiary alicyclic amines) is 1. The number of nitrogens with one attached hydrogen (secondary N) is 1. The van der Waals surface area contributed by atoms with Crippen LogP contribution in [0.4, 0.5) is 0 Å². The normalized spacial score (nSPS) is 20.7. The number of carbonyl (C=O) groups excluding carboxylic acids is 1. The van der Waals surface area contributed by atoms with E-state index in [9.17, 15) is 4.79 Å². The molecule has 150 valence electrons. The van der Waals surface area contributed by atoms with Gasteiger partial charge in [0.25, 0.3) is 0 Å². The van der Waals surface area contributed by atoms with Crippen molar-refractivity contribution in [1.29, 1.82) is 0 Å². The Hall–Kier alpha value is -1.34. The van der Waals surface area contributed by atoms with Gasteiger partial charge in [-0.3, -0.25) is 14.7 Å². The first-order chi connectivity index (χ1) is 12.5. The van der Waals surface area contributed by atoms with E-state index in [2.05, 4.69) is 40.9 Å². The van der Waals surface area contributed by atoms with Crippen molar-refractivity contribution in [3.05, 3.63) is 0 Å². The summed E-state index contributed by atoms with van der Waals surface area (Å²) in [6, 6.07) is -0.0154. The van der Waals surface area contributed by atoms with E-state index in [1.807, 2.05) is 11.9 Å². The molecule has 7 heteroatoms. The molecule has 2 saturated heterocycles. The molecule has 0 spiro atoms. The van der Waals surface area contributed by atoms with E-state index in [0.29, 0.717) is 5.91 Å². The van der Waals surface area contributed by atoms with Gasteiger partial charge in [0, 0.05) is 59.5 Å². The van der Waals surface area contributed by atoms with Crippen LogP contribution in [0.25, 0.3) is 0 Å². The summed E-state index contributed by atoms with van der Waals surface area (Å²) in [5.74, 6) is 1.25. The molecule has 1 atom stereocenters. The Morgan fingerprint density at radius 1 is 1.04 bits per heavy atom. The lowest BCUT2D eigenvalue weighted by Gasteiger charge is -2.39. The van der Waals surface area contributed by atoms with Crippen LogP contribution in [0.15, 0.2) is 4.99 Å². The molecule has 2 aliphatic heterocycles. The summed E-state index contributed by atoms with van der Waals surface area (Å²) < 4.78 is 5.57. The van der Waals surface area contributed by atoms with Gasteiger partial charge in [-0.2, -0.15) is 0 Å². The molecule has 2 rings (SSSR count). The maximum absolute atomic E-state index is 12.6. The van der Waals surface area contributed by atoms with Crippen molar-refractivity contribution in [2.24, 2.45) is 4.99 Å². The van der Waals surface area contributed by atoms with Gasteiger partial charge < -0.3 is 19.9 Å². The fourth-order valence-electron chi connectivity index (χ4n) is 3.60.